The summed E-state index contributed by atoms with van der Waals surface area (Å²) in [4.78, 5) is 4.05. The Morgan fingerprint density at radius 3 is 2.89 bits per heavy atom. The Hall–Kier alpha value is -1.35. The summed E-state index contributed by atoms with van der Waals surface area (Å²) in [6.07, 6.45) is 10.2. The van der Waals surface area contributed by atoms with E-state index in [-0.39, 0.29) is 0 Å². The third-order valence-electron chi connectivity index (χ3n) is 3.33. The molecule has 0 aliphatic carbocycles. The van der Waals surface area contributed by atoms with Crippen molar-refractivity contribution in [3.8, 4) is 0 Å². The molecule has 0 aromatic carbocycles. The van der Waals surface area contributed by atoms with Gasteiger partial charge in [-0.05, 0) is 55.5 Å². The van der Waals surface area contributed by atoms with Crippen molar-refractivity contribution in [2.45, 2.75) is 38.6 Å². The van der Waals surface area contributed by atoms with Gasteiger partial charge in [-0.25, -0.2) is 0 Å². The number of ether oxygens (including phenoxy) is 1. The number of aryl methyl sites for hydroxylation is 1. The molecule has 3 heteroatoms. The summed E-state index contributed by atoms with van der Waals surface area (Å²) in [5, 5.41) is 3.56. The van der Waals surface area contributed by atoms with E-state index in [1.807, 2.05) is 18.7 Å². The molecule has 0 amide bonds. The van der Waals surface area contributed by atoms with E-state index < -0.39 is 0 Å². The highest BCUT2D eigenvalue weighted by Crippen LogP contribution is 2.19. The van der Waals surface area contributed by atoms with Crippen LogP contribution >= 0.6 is 0 Å². The monoisotopic (exact) mass is 246 g/mol. The van der Waals surface area contributed by atoms with Crippen LogP contribution < -0.4 is 5.32 Å². The van der Waals surface area contributed by atoms with Crippen LogP contribution in [0.1, 0.15) is 31.7 Å². The number of hydrogen-bond acceptors (Lipinski definition) is 3. The van der Waals surface area contributed by atoms with Crippen molar-refractivity contribution >= 4 is 0 Å². The zero-order valence-corrected chi connectivity index (χ0v) is 11.1. The fraction of sp³-hybridized carbons (Fsp3) is 0.533. The highest BCUT2D eigenvalue weighted by molar-refractivity contribution is 5.14. The van der Waals surface area contributed by atoms with Crippen molar-refractivity contribution in [3.05, 3.63) is 41.9 Å². The van der Waals surface area contributed by atoms with Gasteiger partial charge in [-0.3, -0.25) is 4.98 Å². The third-order valence-corrected chi connectivity index (χ3v) is 3.33. The Labute approximate surface area is 109 Å². The zero-order chi connectivity index (χ0) is 12.6. The number of hydrogen-bond donors (Lipinski definition) is 1. The van der Waals surface area contributed by atoms with Gasteiger partial charge in [0.25, 0.3) is 0 Å². The number of aromatic nitrogens is 1. The van der Waals surface area contributed by atoms with Gasteiger partial charge in [0.1, 0.15) is 0 Å². The average molecular weight is 246 g/mol. The summed E-state index contributed by atoms with van der Waals surface area (Å²) < 4.78 is 5.45. The first kappa shape index (κ1) is 13.1. The van der Waals surface area contributed by atoms with E-state index in [0.717, 1.165) is 38.8 Å². The van der Waals surface area contributed by atoms with Crippen LogP contribution in [0.3, 0.4) is 0 Å². The molecule has 18 heavy (non-hydrogen) atoms. The van der Waals surface area contributed by atoms with Gasteiger partial charge in [0.15, 0.2) is 0 Å². The molecule has 1 atom stereocenters. The van der Waals surface area contributed by atoms with Crippen molar-refractivity contribution in [1.29, 1.82) is 0 Å². The van der Waals surface area contributed by atoms with Crippen LogP contribution in [0.2, 0.25) is 0 Å². The minimum atomic E-state index is 0.448. The lowest BCUT2D eigenvalue weighted by molar-refractivity contribution is 0.218. The van der Waals surface area contributed by atoms with Gasteiger partial charge in [0.05, 0.1) is 12.9 Å². The minimum absolute atomic E-state index is 0.448. The molecule has 1 aromatic rings. The molecule has 0 saturated heterocycles. The number of pyridine rings is 1. The lowest BCUT2D eigenvalue weighted by atomic mass is 9.96. The molecule has 0 bridgehead atoms. The van der Waals surface area contributed by atoms with E-state index in [0.29, 0.717) is 6.04 Å². The van der Waals surface area contributed by atoms with Crippen LogP contribution in [0.25, 0.3) is 0 Å². The summed E-state index contributed by atoms with van der Waals surface area (Å²) >= 11 is 0. The molecule has 2 heterocycles. The van der Waals surface area contributed by atoms with E-state index in [4.69, 9.17) is 4.74 Å². The summed E-state index contributed by atoms with van der Waals surface area (Å²) in [6, 6.07) is 4.63. The van der Waals surface area contributed by atoms with Crippen LogP contribution in [0.5, 0.6) is 0 Å². The number of nitrogens with zero attached hydrogens (tertiary/aromatic N) is 1. The van der Waals surface area contributed by atoms with Crippen LogP contribution in [-0.2, 0) is 11.2 Å². The molecule has 0 fully saturated rings. The smallest absolute Gasteiger partial charge is 0.0876 e. The van der Waals surface area contributed by atoms with Crippen molar-refractivity contribution < 1.29 is 4.74 Å². The van der Waals surface area contributed by atoms with E-state index in [2.05, 4.69) is 29.4 Å². The third kappa shape index (κ3) is 3.84. The molecule has 1 unspecified atom stereocenters. The second-order valence-electron chi connectivity index (χ2n) is 4.67. The molecule has 2 rings (SSSR count). The molecule has 1 aliphatic heterocycles. The molecule has 1 N–H and O–H groups in total. The molecule has 3 nitrogen and oxygen atoms in total. The maximum absolute atomic E-state index is 5.45. The van der Waals surface area contributed by atoms with Gasteiger partial charge in [-0.2, -0.15) is 0 Å². The summed E-state index contributed by atoms with van der Waals surface area (Å²) in [7, 11) is 0. The number of rotatable bonds is 6. The van der Waals surface area contributed by atoms with E-state index in [9.17, 15) is 0 Å². The zero-order valence-electron chi connectivity index (χ0n) is 11.1. The maximum Gasteiger partial charge on any atom is 0.0876 e. The molecular weight excluding hydrogens is 224 g/mol. The first-order chi connectivity index (χ1) is 8.90. The SMILES string of the molecule is CCNC(CCc1ccncc1)C1=COCCC1. The van der Waals surface area contributed by atoms with E-state index in [1.54, 1.807) is 0 Å². The quantitative estimate of drug-likeness (QED) is 0.838. The summed E-state index contributed by atoms with van der Waals surface area (Å²) in [5.74, 6) is 0. The van der Waals surface area contributed by atoms with Crippen molar-refractivity contribution in [1.82, 2.24) is 10.3 Å². The predicted octanol–water partition coefficient (Wildman–Crippen LogP) is 2.69. The Morgan fingerprint density at radius 1 is 1.39 bits per heavy atom. The molecular formula is C15H22N2O. The minimum Gasteiger partial charge on any atom is -0.501 e. The largest absolute Gasteiger partial charge is 0.501 e. The van der Waals surface area contributed by atoms with Crippen molar-refractivity contribution in [3.63, 3.8) is 0 Å². The molecule has 98 valence electrons. The fourth-order valence-corrected chi connectivity index (χ4v) is 2.37. The fourth-order valence-electron chi connectivity index (χ4n) is 2.37. The van der Waals surface area contributed by atoms with Crippen LogP contribution in [0.4, 0.5) is 0 Å². The van der Waals surface area contributed by atoms with Gasteiger partial charge in [0, 0.05) is 18.4 Å². The lowest BCUT2D eigenvalue weighted by Gasteiger charge is -2.24. The average Bonchev–Trinajstić information content (AvgIpc) is 2.45. The molecule has 0 saturated carbocycles. The Balaban J connectivity index is 1.91. The summed E-state index contributed by atoms with van der Waals surface area (Å²) in [6.45, 7) is 4.02. The highest BCUT2D eigenvalue weighted by Gasteiger charge is 2.15. The maximum atomic E-state index is 5.45. The van der Waals surface area contributed by atoms with Crippen molar-refractivity contribution in [2.75, 3.05) is 13.2 Å². The Kier molecular flexibility index (Phi) is 5.21. The standard InChI is InChI=1S/C15H22N2O/c1-2-17-15(14-4-3-11-18-12-14)6-5-13-7-9-16-10-8-13/h7-10,12,15,17H,2-6,11H2,1H3. The molecule has 1 aromatic heterocycles. The topological polar surface area (TPSA) is 34.2 Å². The molecule has 1 aliphatic rings. The number of nitrogens with one attached hydrogen (secondary N) is 1. The van der Waals surface area contributed by atoms with Crippen LogP contribution in [-0.4, -0.2) is 24.2 Å². The second kappa shape index (κ2) is 7.17. The van der Waals surface area contributed by atoms with Crippen molar-refractivity contribution in [2.24, 2.45) is 0 Å². The first-order valence-corrected chi connectivity index (χ1v) is 6.83. The van der Waals surface area contributed by atoms with Gasteiger partial charge in [-0.15, -0.1) is 0 Å². The van der Waals surface area contributed by atoms with Gasteiger partial charge in [-0.1, -0.05) is 6.92 Å². The van der Waals surface area contributed by atoms with Crippen LogP contribution in [0.15, 0.2) is 36.4 Å². The van der Waals surface area contributed by atoms with Gasteiger partial charge < -0.3 is 10.1 Å². The van der Waals surface area contributed by atoms with Gasteiger partial charge >= 0.3 is 0 Å². The lowest BCUT2D eigenvalue weighted by Crippen LogP contribution is -2.32. The van der Waals surface area contributed by atoms with E-state index >= 15 is 0 Å². The van der Waals surface area contributed by atoms with Gasteiger partial charge in [0.2, 0.25) is 0 Å². The van der Waals surface area contributed by atoms with Crippen LogP contribution in [0, 0.1) is 0 Å². The highest BCUT2D eigenvalue weighted by atomic mass is 16.5. The first-order valence-electron chi connectivity index (χ1n) is 6.83. The normalized spacial score (nSPS) is 16.8. The predicted molar refractivity (Wildman–Crippen MR) is 73.3 cm³/mol. The number of likely N-dealkylation sites (N-methyl/N-ethyl adjacent to an activating group) is 1. The molecule has 0 spiro atoms. The Bertz CT molecular complexity index is 375. The Morgan fingerprint density at radius 2 is 2.22 bits per heavy atom. The van der Waals surface area contributed by atoms with E-state index in [1.165, 1.54) is 11.1 Å². The molecule has 0 radical (unpaired) electrons. The summed E-state index contributed by atoms with van der Waals surface area (Å²) in [5.41, 5.74) is 2.77. The second-order valence-corrected chi connectivity index (χ2v) is 4.67.